The van der Waals surface area contributed by atoms with Gasteiger partial charge in [-0.25, -0.2) is 0 Å². The molecule has 7 heteroatoms. The van der Waals surface area contributed by atoms with Gasteiger partial charge in [0.05, 0.1) is 11.6 Å². The average molecular weight is 333 g/mol. The van der Waals surface area contributed by atoms with E-state index in [4.69, 9.17) is 17.3 Å². The van der Waals surface area contributed by atoms with Crippen molar-refractivity contribution in [1.82, 2.24) is 15.1 Å². The SMILES string of the molecule is NC(=O)C1CCCN(C(=O)c2cc(-c3ccc(Cl)cc3)n[nH]2)C1. The Morgan fingerprint density at radius 2 is 2.04 bits per heavy atom. The van der Waals surface area contributed by atoms with Gasteiger partial charge in [-0.3, -0.25) is 14.7 Å². The number of halogens is 1. The monoisotopic (exact) mass is 332 g/mol. The standard InChI is InChI=1S/C16H17ClN4O2/c17-12-5-3-10(4-6-12)13-8-14(20-19-13)16(23)21-7-1-2-11(9-21)15(18)22/h3-6,8,11H,1-2,7,9H2,(H2,18,22)(H,19,20). The van der Waals surface area contributed by atoms with Gasteiger partial charge in [-0.1, -0.05) is 23.7 Å². The summed E-state index contributed by atoms with van der Waals surface area (Å²) in [6.07, 6.45) is 1.51. The molecule has 0 bridgehead atoms. The number of benzene rings is 1. The third-order valence-corrected chi connectivity index (χ3v) is 4.31. The van der Waals surface area contributed by atoms with Crippen molar-refractivity contribution in [3.8, 4) is 11.3 Å². The Bertz CT molecular complexity index is 726. The highest BCUT2D eigenvalue weighted by molar-refractivity contribution is 6.30. The lowest BCUT2D eigenvalue weighted by molar-refractivity contribution is -0.123. The van der Waals surface area contributed by atoms with Crippen LogP contribution in [0.1, 0.15) is 23.3 Å². The van der Waals surface area contributed by atoms with Crippen molar-refractivity contribution in [3.63, 3.8) is 0 Å². The van der Waals surface area contributed by atoms with Crippen molar-refractivity contribution < 1.29 is 9.59 Å². The Labute approximate surface area is 138 Å². The van der Waals surface area contributed by atoms with E-state index in [1.54, 1.807) is 23.1 Å². The highest BCUT2D eigenvalue weighted by atomic mass is 35.5. The van der Waals surface area contributed by atoms with E-state index in [0.29, 0.717) is 29.5 Å². The van der Waals surface area contributed by atoms with E-state index in [2.05, 4.69) is 10.2 Å². The topological polar surface area (TPSA) is 92.1 Å². The Morgan fingerprint density at radius 1 is 1.30 bits per heavy atom. The minimum absolute atomic E-state index is 0.163. The van der Waals surface area contributed by atoms with Gasteiger partial charge in [-0.2, -0.15) is 5.10 Å². The minimum Gasteiger partial charge on any atom is -0.369 e. The molecule has 120 valence electrons. The largest absolute Gasteiger partial charge is 0.369 e. The number of nitrogens with two attached hydrogens (primary N) is 1. The van der Waals surface area contributed by atoms with E-state index in [1.807, 2.05) is 12.1 Å². The van der Waals surface area contributed by atoms with Gasteiger partial charge >= 0.3 is 0 Å². The molecule has 1 fully saturated rings. The molecule has 0 saturated carbocycles. The molecule has 3 N–H and O–H groups in total. The number of aromatic nitrogens is 2. The molecule has 1 unspecified atom stereocenters. The van der Waals surface area contributed by atoms with E-state index >= 15 is 0 Å². The summed E-state index contributed by atoms with van der Waals surface area (Å²) < 4.78 is 0. The molecule has 0 aliphatic carbocycles. The number of rotatable bonds is 3. The number of hydrogen-bond donors (Lipinski definition) is 2. The summed E-state index contributed by atoms with van der Waals surface area (Å²) in [6, 6.07) is 8.94. The summed E-state index contributed by atoms with van der Waals surface area (Å²) in [6.45, 7) is 0.987. The number of piperidine rings is 1. The number of nitrogens with zero attached hydrogens (tertiary/aromatic N) is 2. The molecule has 0 spiro atoms. The van der Waals surface area contributed by atoms with Crippen LogP contribution >= 0.6 is 11.6 Å². The zero-order valence-corrected chi connectivity index (χ0v) is 13.2. The molecule has 1 atom stereocenters. The quantitative estimate of drug-likeness (QED) is 0.901. The number of carbonyl (C=O) groups is 2. The van der Waals surface area contributed by atoms with Gasteiger partial charge in [0.1, 0.15) is 5.69 Å². The maximum Gasteiger partial charge on any atom is 0.271 e. The summed E-state index contributed by atoms with van der Waals surface area (Å²) in [5.74, 6) is -0.788. The fraction of sp³-hybridized carbons (Fsp3) is 0.312. The fourth-order valence-corrected chi connectivity index (χ4v) is 2.89. The first-order valence-corrected chi connectivity index (χ1v) is 7.82. The number of amides is 2. The lowest BCUT2D eigenvalue weighted by Crippen LogP contribution is -2.44. The smallest absolute Gasteiger partial charge is 0.271 e. The van der Waals surface area contributed by atoms with E-state index in [0.717, 1.165) is 18.4 Å². The summed E-state index contributed by atoms with van der Waals surface area (Å²) >= 11 is 5.87. The first-order valence-electron chi connectivity index (χ1n) is 7.44. The zero-order chi connectivity index (χ0) is 16.4. The maximum absolute atomic E-state index is 12.5. The molecular weight excluding hydrogens is 316 g/mol. The van der Waals surface area contributed by atoms with Crippen LogP contribution in [0.2, 0.25) is 5.02 Å². The fourth-order valence-electron chi connectivity index (χ4n) is 2.76. The van der Waals surface area contributed by atoms with Gasteiger partial charge in [-0.15, -0.1) is 0 Å². The van der Waals surface area contributed by atoms with Crippen LogP contribution in [0.3, 0.4) is 0 Å². The number of primary amides is 1. The van der Waals surface area contributed by atoms with Crippen LogP contribution in [0, 0.1) is 5.92 Å². The second kappa shape index (κ2) is 6.42. The van der Waals surface area contributed by atoms with Gasteiger partial charge in [0.15, 0.2) is 0 Å². The summed E-state index contributed by atoms with van der Waals surface area (Å²) in [4.78, 5) is 25.5. The van der Waals surface area contributed by atoms with Crippen LogP contribution in [0.4, 0.5) is 0 Å². The average Bonchev–Trinajstić information content (AvgIpc) is 3.05. The molecule has 1 aliphatic rings. The normalized spacial score (nSPS) is 18.0. The lowest BCUT2D eigenvalue weighted by Gasteiger charge is -2.30. The van der Waals surface area contributed by atoms with Crippen LogP contribution in [-0.2, 0) is 4.79 Å². The zero-order valence-electron chi connectivity index (χ0n) is 12.5. The predicted molar refractivity (Wildman–Crippen MR) is 86.9 cm³/mol. The highest BCUT2D eigenvalue weighted by Crippen LogP contribution is 2.22. The Kier molecular flexibility index (Phi) is 4.34. The van der Waals surface area contributed by atoms with Gasteiger partial charge in [0, 0.05) is 23.7 Å². The van der Waals surface area contributed by atoms with E-state index in [9.17, 15) is 9.59 Å². The first kappa shape index (κ1) is 15.6. The van der Waals surface area contributed by atoms with Gasteiger partial charge in [0.2, 0.25) is 5.91 Å². The molecule has 1 aromatic heterocycles. The molecule has 3 rings (SSSR count). The Morgan fingerprint density at radius 3 is 2.74 bits per heavy atom. The second-order valence-electron chi connectivity index (χ2n) is 5.67. The molecule has 1 aliphatic heterocycles. The number of aromatic amines is 1. The summed E-state index contributed by atoms with van der Waals surface area (Å²) in [5.41, 5.74) is 7.30. The number of hydrogen-bond acceptors (Lipinski definition) is 3. The van der Waals surface area contributed by atoms with Crippen molar-refractivity contribution in [1.29, 1.82) is 0 Å². The summed E-state index contributed by atoms with van der Waals surface area (Å²) in [7, 11) is 0. The molecule has 2 heterocycles. The van der Waals surface area contributed by atoms with Crippen molar-refractivity contribution in [2.45, 2.75) is 12.8 Å². The van der Waals surface area contributed by atoms with Gasteiger partial charge in [-0.05, 0) is 31.0 Å². The summed E-state index contributed by atoms with van der Waals surface area (Å²) in [5, 5.41) is 7.59. The maximum atomic E-state index is 12.5. The molecule has 1 saturated heterocycles. The van der Waals surface area contributed by atoms with Crippen LogP contribution in [0.5, 0.6) is 0 Å². The van der Waals surface area contributed by atoms with Crippen molar-refractivity contribution in [3.05, 3.63) is 41.0 Å². The van der Waals surface area contributed by atoms with Crippen LogP contribution in [0.25, 0.3) is 11.3 Å². The number of nitrogens with one attached hydrogen (secondary N) is 1. The number of H-pyrrole nitrogens is 1. The van der Waals surface area contributed by atoms with Crippen molar-refractivity contribution >= 4 is 23.4 Å². The van der Waals surface area contributed by atoms with E-state index < -0.39 is 0 Å². The number of carbonyl (C=O) groups excluding carboxylic acids is 2. The molecule has 2 amide bonds. The van der Waals surface area contributed by atoms with E-state index in [-0.39, 0.29) is 17.7 Å². The molecule has 1 aromatic carbocycles. The van der Waals surface area contributed by atoms with Crippen molar-refractivity contribution in [2.75, 3.05) is 13.1 Å². The minimum atomic E-state index is -0.353. The van der Waals surface area contributed by atoms with E-state index in [1.165, 1.54) is 0 Å². The van der Waals surface area contributed by atoms with Crippen LogP contribution < -0.4 is 5.73 Å². The predicted octanol–water partition coefficient (Wildman–Crippen LogP) is 2.07. The van der Waals surface area contributed by atoms with Crippen molar-refractivity contribution in [2.24, 2.45) is 11.7 Å². The van der Waals surface area contributed by atoms with Gasteiger partial charge < -0.3 is 10.6 Å². The molecule has 0 radical (unpaired) electrons. The lowest BCUT2D eigenvalue weighted by atomic mass is 9.97. The third kappa shape index (κ3) is 3.37. The molecule has 6 nitrogen and oxygen atoms in total. The van der Waals surface area contributed by atoms with Crippen LogP contribution in [-0.4, -0.2) is 40.0 Å². The third-order valence-electron chi connectivity index (χ3n) is 4.06. The molecular formula is C16H17ClN4O2. The second-order valence-corrected chi connectivity index (χ2v) is 6.10. The van der Waals surface area contributed by atoms with Crippen LogP contribution in [0.15, 0.2) is 30.3 Å². The molecule has 23 heavy (non-hydrogen) atoms. The Balaban J connectivity index is 1.75. The highest BCUT2D eigenvalue weighted by Gasteiger charge is 2.28. The Hall–Kier alpha value is -2.34. The first-order chi connectivity index (χ1) is 11.0. The number of likely N-dealkylation sites (tertiary alicyclic amines) is 1. The molecule has 2 aromatic rings. The van der Waals surface area contributed by atoms with Gasteiger partial charge in [0.25, 0.3) is 5.91 Å².